The van der Waals surface area contributed by atoms with Crippen molar-refractivity contribution in [1.29, 1.82) is 0 Å². The number of aromatic nitrogens is 4. The van der Waals surface area contributed by atoms with E-state index in [1.807, 2.05) is 64.2 Å². The van der Waals surface area contributed by atoms with Crippen molar-refractivity contribution in [3.05, 3.63) is 60.9 Å². The van der Waals surface area contributed by atoms with Crippen molar-refractivity contribution in [2.75, 3.05) is 18.8 Å². The van der Waals surface area contributed by atoms with Gasteiger partial charge in [0.2, 0.25) is 5.91 Å². The average molecular weight is 458 g/mol. The van der Waals surface area contributed by atoms with Gasteiger partial charge in [0.25, 0.3) is 0 Å². The van der Waals surface area contributed by atoms with Gasteiger partial charge in [0.05, 0.1) is 17.5 Å². The lowest BCUT2D eigenvalue weighted by Gasteiger charge is -2.33. The number of carbonyl (C=O) groups excluding carboxylic acids is 1. The molecule has 3 heterocycles. The Morgan fingerprint density at radius 2 is 1.82 bits per heavy atom. The van der Waals surface area contributed by atoms with Crippen LogP contribution in [0.3, 0.4) is 0 Å². The fourth-order valence-corrected chi connectivity index (χ4v) is 4.40. The summed E-state index contributed by atoms with van der Waals surface area (Å²) in [7, 11) is 0. The Hall–Kier alpha value is -3.98. The van der Waals surface area contributed by atoms with Gasteiger partial charge in [-0.3, -0.25) is 4.79 Å². The van der Waals surface area contributed by atoms with Crippen molar-refractivity contribution in [3.8, 4) is 22.8 Å². The van der Waals surface area contributed by atoms with E-state index in [0.717, 1.165) is 29.9 Å². The third-order valence-electron chi connectivity index (χ3n) is 6.07. The SMILES string of the molecule is CC(N)C(=O)N1CCCC(n2nc(-c3ccc(Oc4ccccc4)cc3)c3c(N)ncnc32)C1. The van der Waals surface area contributed by atoms with E-state index in [9.17, 15) is 4.79 Å². The van der Waals surface area contributed by atoms with Crippen molar-refractivity contribution in [2.24, 2.45) is 5.73 Å². The minimum atomic E-state index is -0.529. The highest BCUT2D eigenvalue weighted by Gasteiger charge is 2.29. The number of nitrogens with two attached hydrogens (primary N) is 2. The average Bonchev–Trinajstić information content (AvgIpc) is 3.26. The Balaban J connectivity index is 1.49. The number of fused-ring (bicyclic) bond motifs is 1. The second-order valence-electron chi connectivity index (χ2n) is 8.56. The van der Waals surface area contributed by atoms with Gasteiger partial charge in [-0.25, -0.2) is 14.6 Å². The highest BCUT2D eigenvalue weighted by molar-refractivity contribution is 5.98. The van der Waals surface area contributed by atoms with Crippen LogP contribution >= 0.6 is 0 Å². The molecule has 1 amide bonds. The summed E-state index contributed by atoms with van der Waals surface area (Å²) in [5, 5.41) is 5.62. The van der Waals surface area contributed by atoms with Crippen LogP contribution < -0.4 is 16.2 Å². The fraction of sp³-hybridized carbons (Fsp3) is 0.280. The minimum absolute atomic E-state index is 0.0253. The molecule has 5 rings (SSSR count). The topological polar surface area (TPSA) is 125 Å². The second kappa shape index (κ2) is 9.11. The molecule has 0 aliphatic carbocycles. The molecule has 9 heteroatoms. The van der Waals surface area contributed by atoms with Crippen LogP contribution in [0.5, 0.6) is 11.5 Å². The molecule has 0 saturated carbocycles. The van der Waals surface area contributed by atoms with Crippen LogP contribution in [-0.2, 0) is 4.79 Å². The first-order valence-electron chi connectivity index (χ1n) is 11.4. The number of amides is 1. The largest absolute Gasteiger partial charge is 0.457 e. The van der Waals surface area contributed by atoms with Gasteiger partial charge in [0, 0.05) is 18.7 Å². The van der Waals surface area contributed by atoms with Crippen molar-refractivity contribution in [3.63, 3.8) is 0 Å². The third kappa shape index (κ3) is 4.17. The number of hydrogen-bond acceptors (Lipinski definition) is 7. The smallest absolute Gasteiger partial charge is 0.239 e. The zero-order valence-electron chi connectivity index (χ0n) is 19.0. The van der Waals surface area contributed by atoms with Crippen LogP contribution in [0.1, 0.15) is 25.8 Å². The van der Waals surface area contributed by atoms with Crippen LogP contribution in [0.2, 0.25) is 0 Å². The van der Waals surface area contributed by atoms with Gasteiger partial charge < -0.3 is 21.1 Å². The van der Waals surface area contributed by atoms with Gasteiger partial charge in [-0.2, -0.15) is 5.10 Å². The highest BCUT2D eigenvalue weighted by Crippen LogP contribution is 2.34. The molecule has 1 aliphatic heterocycles. The zero-order valence-corrected chi connectivity index (χ0v) is 19.0. The van der Waals surface area contributed by atoms with Crippen LogP contribution in [-0.4, -0.2) is 49.7 Å². The van der Waals surface area contributed by atoms with Gasteiger partial charge >= 0.3 is 0 Å². The number of nitrogens with zero attached hydrogens (tertiary/aromatic N) is 5. The lowest BCUT2D eigenvalue weighted by atomic mass is 10.0. The molecule has 0 radical (unpaired) electrons. The standard InChI is InChI=1S/C25H27N7O2/c1-16(26)25(33)31-13-5-6-18(14-31)32-24-21(23(27)28-15-29-24)22(30-32)17-9-11-20(12-10-17)34-19-7-3-2-4-8-19/h2-4,7-12,15-16,18H,5-6,13-14,26H2,1H3,(H2,27,28,29). The molecule has 4 aromatic rings. The Morgan fingerprint density at radius 1 is 1.09 bits per heavy atom. The lowest BCUT2D eigenvalue weighted by molar-refractivity contribution is -0.133. The summed E-state index contributed by atoms with van der Waals surface area (Å²) >= 11 is 0. The van der Waals surface area contributed by atoms with E-state index in [1.165, 1.54) is 6.33 Å². The number of hydrogen-bond donors (Lipinski definition) is 2. The second-order valence-corrected chi connectivity index (χ2v) is 8.56. The predicted molar refractivity (Wildman–Crippen MR) is 130 cm³/mol. The number of para-hydroxylation sites is 1. The fourth-order valence-electron chi connectivity index (χ4n) is 4.40. The van der Waals surface area contributed by atoms with E-state index in [4.69, 9.17) is 21.3 Å². The molecule has 2 atom stereocenters. The van der Waals surface area contributed by atoms with E-state index in [1.54, 1.807) is 6.92 Å². The summed E-state index contributed by atoms with van der Waals surface area (Å²) in [5.41, 5.74) is 14.4. The Kier molecular flexibility index (Phi) is 5.85. The Labute approximate surface area is 197 Å². The van der Waals surface area contributed by atoms with Crippen LogP contribution in [0.15, 0.2) is 60.9 Å². The van der Waals surface area contributed by atoms with Crippen LogP contribution in [0.4, 0.5) is 5.82 Å². The number of piperidine rings is 1. The molecule has 9 nitrogen and oxygen atoms in total. The molecule has 2 unspecified atom stereocenters. The number of rotatable bonds is 5. The molecule has 174 valence electrons. The van der Waals surface area contributed by atoms with E-state index >= 15 is 0 Å². The number of likely N-dealkylation sites (tertiary alicyclic amines) is 1. The molecule has 0 spiro atoms. The van der Waals surface area contributed by atoms with Crippen molar-refractivity contribution < 1.29 is 9.53 Å². The maximum absolute atomic E-state index is 12.5. The molecule has 4 N–H and O–H groups in total. The van der Waals surface area contributed by atoms with Gasteiger partial charge in [0.1, 0.15) is 29.3 Å². The minimum Gasteiger partial charge on any atom is -0.457 e. The van der Waals surface area contributed by atoms with Crippen molar-refractivity contribution in [2.45, 2.75) is 31.8 Å². The molecule has 34 heavy (non-hydrogen) atoms. The van der Waals surface area contributed by atoms with Gasteiger partial charge in [-0.05, 0) is 56.2 Å². The molecule has 0 bridgehead atoms. The molecule has 2 aromatic heterocycles. The van der Waals surface area contributed by atoms with Gasteiger partial charge in [-0.15, -0.1) is 0 Å². The Morgan fingerprint density at radius 3 is 2.56 bits per heavy atom. The lowest BCUT2D eigenvalue weighted by Crippen LogP contribution is -2.47. The molecule has 1 fully saturated rings. The van der Waals surface area contributed by atoms with Crippen molar-refractivity contribution >= 4 is 22.8 Å². The number of anilines is 1. The summed E-state index contributed by atoms with van der Waals surface area (Å²) in [6.45, 7) is 2.94. The zero-order chi connectivity index (χ0) is 23.7. The third-order valence-corrected chi connectivity index (χ3v) is 6.07. The molecular formula is C25H27N7O2. The summed E-state index contributed by atoms with van der Waals surface area (Å²) in [6.07, 6.45) is 3.20. The number of carbonyl (C=O) groups is 1. The maximum Gasteiger partial charge on any atom is 0.239 e. The Bertz CT molecular complexity index is 1300. The van der Waals surface area contributed by atoms with Crippen molar-refractivity contribution in [1.82, 2.24) is 24.6 Å². The van der Waals surface area contributed by atoms with E-state index in [0.29, 0.717) is 35.6 Å². The van der Waals surface area contributed by atoms with E-state index in [2.05, 4.69) is 9.97 Å². The molecule has 1 saturated heterocycles. The maximum atomic E-state index is 12.5. The summed E-state index contributed by atoms with van der Waals surface area (Å²) in [6, 6.07) is 16.8. The predicted octanol–water partition coefficient (Wildman–Crippen LogP) is 3.38. The molecular weight excluding hydrogens is 430 g/mol. The van der Waals surface area contributed by atoms with Crippen LogP contribution in [0.25, 0.3) is 22.3 Å². The van der Waals surface area contributed by atoms with Gasteiger partial charge in [0.15, 0.2) is 5.65 Å². The van der Waals surface area contributed by atoms with E-state index < -0.39 is 6.04 Å². The quantitative estimate of drug-likeness (QED) is 0.470. The molecule has 1 aliphatic rings. The van der Waals surface area contributed by atoms with Gasteiger partial charge in [-0.1, -0.05) is 18.2 Å². The number of ether oxygens (including phenoxy) is 1. The summed E-state index contributed by atoms with van der Waals surface area (Å²) < 4.78 is 7.80. The normalized spacial score (nSPS) is 17.0. The summed E-state index contributed by atoms with van der Waals surface area (Å²) in [5.74, 6) is 1.81. The monoisotopic (exact) mass is 457 g/mol. The highest BCUT2D eigenvalue weighted by atomic mass is 16.5. The van der Waals surface area contributed by atoms with Crippen LogP contribution in [0, 0.1) is 0 Å². The molecule has 2 aromatic carbocycles. The van der Waals surface area contributed by atoms with E-state index in [-0.39, 0.29) is 11.9 Å². The first kappa shape index (κ1) is 21.8. The summed E-state index contributed by atoms with van der Waals surface area (Å²) in [4.78, 5) is 23.0. The number of benzene rings is 2. The first-order valence-corrected chi connectivity index (χ1v) is 11.4. The number of nitrogen functional groups attached to an aromatic ring is 1. The first-order chi connectivity index (χ1) is 16.5.